The van der Waals surface area contributed by atoms with Gasteiger partial charge in [-0.1, -0.05) is 48.5 Å². The Hall–Kier alpha value is -3.77. The molecule has 0 saturated carbocycles. The van der Waals surface area contributed by atoms with Gasteiger partial charge in [-0.15, -0.1) is 0 Å². The molecule has 6 nitrogen and oxygen atoms in total. The predicted molar refractivity (Wildman–Crippen MR) is 124 cm³/mol. The summed E-state index contributed by atoms with van der Waals surface area (Å²) in [5, 5.41) is 3.92. The van der Waals surface area contributed by atoms with Crippen molar-refractivity contribution in [1.29, 1.82) is 0 Å². The summed E-state index contributed by atoms with van der Waals surface area (Å²) >= 11 is 0. The van der Waals surface area contributed by atoms with E-state index in [4.69, 9.17) is 13.9 Å². The Labute approximate surface area is 186 Å². The lowest BCUT2D eigenvalue weighted by Crippen LogP contribution is -2.36. The highest BCUT2D eigenvalue weighted by molar-refractivity contribution is 6.07. The van der Waals surface area contributed by atoms with Gasteiger partial charge in [0.2, 0.25) is 0 Å². The zero-order valence-corrected chi connectivity index (χ0v) is 17.6. The predicted octanol–water partition coefficient (Wildman–Crippen LogP) is 5.10. The van der Waals surface area contributed by atoms with Crippen LogP contribution >= 0.6 is 0 Å². The highest BCUT2D eigenvalue weighted by atomic mass is 16.5. The van der Waals surface area contributed by atoms with E-state index in [1.54, 1.807) is 0 Å². The molecule has 0 spiro atoms. The Kier molecular flexibility index (Phi) is 5.77. The smallest absolute Gasteiger partial charge is 0.291 e. The summed E-state index contributed by atoms with van der Waals surface area (Å²) in [6.45, 7) is 3.15. The van der Waals surface area contributed by atoms with Crippen molar-refractivity contribution in [3.63, 3.8) is 0 Å². The Balaban J connectivity index is 1.44. The maximum Gasteiger partial charge on any atom is 0.291 e. The summed E-state index contributed by atoms with van der Waals surface area (Å²) in [7, 11) is 0. The number of anilines is 2. The minimum Gasteiger partial charge on any atom is -0.489 e. The van der Waals surface area contributed by atoms with Crippen LogP contribution in [-0.4, -0.2) is 32.2 Å². The van der Waals surface area contributed by atoms with Crippen molar-refractivity contribution in [3.8, 4) is 5.75 Å². The number of hydrogen-bond acceptors (Lipinski definition) is 5. The van der Waals surface area contributed by atoms with Gasteiger partial charge < -0.3 is 24.1 Å². The number of fused-ring (bicyclic) bond motifs is 1. The van der Waals surface area contributed by atoms with Gasteiger partial charge in [0.05, 0.1) is 24.6 Å². The standard InChI is InChI=1S/C26H24N2O4/c29-26(27-22-11-5-6-12-23(22)28-14-16-30-17-15-28)25-21(18-31-19-8-2-1-3-9-19)20-10-4-7-13-24(20)32-25/h1-13H,14-18H2,(H,27,29). The molecule has 1 N–H and O–H groups in total. The average molecular weight is 428 g/mol. The fourth-order valence-electron chi connectivity index (χ4n) is 3.94. The van der Waals surface area contributed by atoms with E-state index in [0.29, 0.717) is 18.8 Å². The van der Waals surface area contributed by atoms with Crippen LogP contribution in [0.25, 0.3) is 11.0 Å². The Morgan fingerprint density at radius 2 is 1.62 bits per heavy atom. The van der Waals surface area contributed by atoms with Gasteiger partial charge in [0.1, 0.15) is 17.9 Å². The first-order valence-electron chi connectivity index (χ1n) is 10.7. The average Bonchev–Trinajstić information content (AvgIpc) is 3.23. The molecule has 1 aromatic heterocycles. The molecule has 6 heteroatoms. The molecule has 1 aliphatic rings. The summed E-state index contributed by atoms with van der Waals surface area (Å²) in [5.41, 5.74) is 3.11. The second-order valence-corrected chi connectivity index (χ2v) is 7.58. The Morgan fingerprint density at radius 1 is 0.906 bits per heavy atom. The lowest BCUT2D eigenvalue weighted by Gasteiger charge is -2.30. The normalized spacial score (nSPS) is 13.8. The van der Waals surface area contributed by atoms with Gasteiger partial charge in [0, 0.05) is 24.0 Å². The number of hydrogen-bond donors (Lipinski definition) is 1. The quantitative estimate of drug-likeness (QED) is 0.463. The SMILES string of the molecule is O=C(Nc1ccccc1N1CCOCC1)c1oc2ccccc2c1COc1ccccc1. The van der Waals surface area contributed by atoms with Crippen LogP contribution in [0.2, 0.25) is 0 Å². The minimum absolute atomic E-state index is 0.231. The Morgan fingerprint density at radius 3 is 2.47 bits per heavy atom. The lowest BCUT2D eigenvalue weighted by atomic mass is 10.1. The number of nitrogens with zero attached hydrogens (tertiary/aromatic N) is 1. The fraction of sp³-hybridized carbons (Fsp3) is 0.192. The third-order valence-electron chi connectivity index (χ3n) is 5.53. The van der Waals surface area contributed by atoms with Gasteiger partial charge in [-0.05, 0) is 30.3 Å². The number of furan rings is 1. The third-order valence-corrected chi connectivity index (χ3v) is 5.53. The number of nitrogens with one attached hydrogen (secondary N) is 1. The van der Waals surface area contributed by atoms with Gasteiger partial charge in [-0.3, -0.25) is 4.79 Å². The van der Waals surface area contributed by atoms with Crippen LogP contribution in [-0.2, 0) is 11.3 Å². The van der Waals surface area contributed by atoms with E-state index >= 15 is 0 Å². The van der Waals surface area contributed by atoms with Gasteiger partial charge in [0.15, 0.2) is 5.76 Å². The van der Waals surface area contributed by atoms with E-state index in [-0.39, 0.29) is 18.3 Å². The molecule has 0 radical (unpaired) electrons. The first-order valence-corrected chi connectivity index (χ1v) is 10.7. The van der Waals surface area contributed by atoms with Crippen LogP contribution in [0.4, 0.5) is 11.4 Å². The van der Waals surface area contributed by atoms with Crippen LogP contribution in [0, 0.1) is 0 Å². The van der Waals surface area contributed by atoms with Crippen molar-refractivity contribution >= 4 is 28.3 Å². The molecule has 1 amide bonds. The molecule has 1 saturated heterocycles. The highest BCUT2D eigenvalue weighted by Crippen LogP contribution is 2.30. The summed E-state index contributed by atoms with van der Waals surface area (Å²) in [6, 6.07) is 25.0. The van der Waals surface area contributed by atoms with Gasteiger partial charge in [-0.2, -0.15) is 0 Å². The lowest BCUT2D eigenvalue weighted by molar-refractivity contribution is 0.0995. The molecule has 162 valence electrons. The number of para-hydroxylation sites is 4. The van der Waals surface area contributed by atoms with Crippen molar-refractivity contribution in [1.82, 2.24) is 0 Å². The van der Waals surface area contributed by atoms with E-state index in [0.717, 1.165) is 41.2 Å². The molecule has 2 heterocycles. The molecule has 1 fully saturated rings. The molecule has 32 heavy (non-hydrogen) atoms. The van der Waals surface area contributed by atoms with E-state index in [2.05, 4.69) is 10.2 Å². The summed E-state index contributed by atoms with van der Waals surface area (Å²) in [4.78, 5) is 15.6. The van der Waals surface area contributed by atoms with E-state index in [1.165, 1.54) is 0 Å². The van der Waals surface area contributed by atoms with Gasteiger partial charge in [-0.25, -0.2) is 0 Å². The van der Waals surface area contributed by atoms with E-state index in [9.17, 15) is 4.79 Å². The molecule has 0 unspecified atom stereocenters. The van der Waals surface area contributed by atoms with Crippen LogP contribution < -0.4 is 15.0 Å². The molecular weight excluding hydrogens is 404 g/mol. The van der Waals surface area contributed by atoms with Crippen LogP contribution in [0.15, 0.2) is 83.3 Å². The largest absolute Gasteiger partial charge is 0.489 e. The zero-order valence-electron chi connectivity index (χ0n) is 17.6. The van der Waals surface area contributed by atoms with Gasteiger partial charge in [0.25, 0.3) is 5.91 Å². The zero-order chi connectivity index (χ0) is 21.8. The second kappa shape index (κ2) is 9.16. The van der Waals surface area contributed by atoms with Crippen molar-refractivity contribution in [2.45, 2.75) is 6.61 Å². The van der Waals surface area contributed by atoms with E-state index < -0.39 is 0 Å². The topological polar surface area (TPSA) is 63.9 Å². The maximum absolute atomic E-state index is 13.3. The van der Waals surface area contributed by atoms with Crippen molar-refractivity contribution in [2.75, 3.05) is 36.5 Å². The Bertz CT molecular complexity index is 1210. The van der Waals surface area contributed by atoms with Crippen LogP contribution in [0.1, 0.15) is 16.1 Å². The van der Waals surface area contributed by atoms with Crippen LogP contribution in [0.5, 0.6) is 5.75 Å². The molecule has 0 atom stereocenters. The first kappa shape index (κ1) is 20.2. The fourth-order valence-corrected chi connectivity index (χ4v) is 3.94. The second-order valence-electron chi connectivity index (χ2n) is 7.58. The highest BCUT2D eigenvalue weighted by Gasteiger charge is 2.23. The molecule has 0 bridgehead atoms. The first-order chi connectivity index (χ1) is 15.8. The van der Waals surface area contributed by atoms with Gasteiger partial charge >= 0.3 is 0 Å². The summed E-state index contributed by atoms with van der Waals surface area (Å²) in [6.07, 6.45) is 0. The van der Waals surface area contributed by atoms with Crippen molar-refractivity contribution in [2.24, 2.45) is 0 Å². The number of ether oxygens (including phenoxy) is 2. The number of carbonyl (C=O) groups excluding carboxylic acids is 1. The molecule has 0 aliphatic carbocycles. The number of benzene rings is 3. The van der Waals surface area contributed by atoms with Crippen molar-refractivity contribution < 1.29 is 18.7 Å². The molecule has 3 aromatic carbocycles. The molecule has 4 aromatic rings. The summed E-state index contributed by atoms with van der Waals surface area (Å²) < 4.78 is 17.4. The number of amides is 1. The third kappa shape index (κ3) is 4.18. The number of morpholine rings is 1. The molecule has 1 aliphatic heterocycles. The maximum atomic E-state index is 13.3. The number of rotatable bonds is 6. The number of carbonyl (C=O) groups is 1. The van der Waals surface area contributed by atoms with Crippen LogP contribution in [0.3, 0.4) is 0 Å². The molecular formula is C26H24N2O4. The monoisotopic (exact) mass is 428 g/mol. The molecule has 5 rings (SSSR count). The minimum atomic E-state index is -0.298. The summed E-state index contributed by atoms with van der Waals surface area (Å²) in [5.74, 6) is 0.703. The van der Waals surface area contributed by atoms with Crippen molar-refractivity contribution in [3.05, 3.63) is 90.2 Å². The van der Waals surface area contributed by atoms with E-state index in [1.807, 2.05) is 78.9 Å².